The standard InChI is InChI=1S/C12H23IN2O/c1-11(10-16)6-7-15(12(2,3)4)9-8-14(5)13/h6-9H2,1-5H3. The summed E-state index contributed by atoms with van der Waals surface area (Å²) in [5.74, 6) is 1.96. The Morgan fingerprint density at radius 2 is 1.81 bits per heavy atom. The van der Waals surface area contributed by atoms with E-state index in [1.165, 1.54) is 0 Å². The van der Waals surface area contributed by atoms with Crippen molar-refractivity contribution < 1.29 is 4.79 Å². The highest BCUT2D eigenvalue weighted by atomic mass is 127. The van der Waals surface area contributed by atoms with Gasteiger partial charge in [0.05, 0.1) is 0 Å². The summed E-state index contributed by atoms with van der Waals surface area (Å²) in [4.78, 5) is 12.8. The number of hydrogen-bond donors (Lipinski definition) is 0. The van der Waals surface area contributed by atoms with Gasteiger partial charge in [0.2, 0.25) is 0 Å². The van der Waals surface area contributed by atoms with Gasteiger partial charge in [-0.15, -0.1) is 0 Å². The van der Waals surface area contributed by atoms with Crippen LogP contribution in [0.1, 0.15) is 34.1 Å². The Bertz CT molecular complexity index is 252. The van der Waals surface area contributed by atoms with Crippen molar-refractivity contribution in [2.75, 3.05) is 26.7 Å². The summed E-state index contributed by atoms with van der Waals surface area (Å²) in [5.41, 5.74) is 0.951. The fourth-order valence-corrected chi connectivity index (χ4v) is 1.61. The molecule has 0 aliphatic carbocycles. The molecule has 0 saturated carbocycles. The highest BCUT2D eigenvalue weighted by Gasteiger charge is 2.20. The Hall–Kier alpha value is 0.1000. The summed E-state index contributed by atoms with van der Waals surface area (Å²) in [5, 5.41) is 0. The van der Waals surface area contributed by atoms with Crippen LogP contribution in [0.4, 0.5) is 0 Å². The minimum atomic E-state index is 0.149. The van der Waals surface area contributed by atoms with Crippen LogP contribution in [-0.4, -0.2) is 46.2 Å². The molecule has 94 valence electrons. The largest absolute Gasteiger partial charge is 0.297 e. The quantitative estimate of drug-likeness (QED) is 0.422. The van der Waals surface area contributed by atoms with E-state index in [1.54, 1.807) is 0 Å². The normalized spacial score (nSPS) is 12.0. The first-order chi connectivity index (χ1) is 7.27. The maximum Gasteiger partial charge on any atom is 0.123 e. The third-order valence-electron chi connectivity index (χ3n) is 2.56. The van der Waals surface area contributed by atoms with Crippen molar-refractivity contribution in [2.24, 2.45) is 0 Å². The van der Waals surface area contributed by atoms with Crippen LogP contribution in [-0.2, 0) is 4.79 Å². The zero-order valence-corrected chi connectivity index (χ0v) is 13.2. The number of halogens is 1. The Labute approximate surface area is 113 Å². The van der Waals surface area contributed by atoms with E-state index in [0.717, 1.165) is 31.6 Å². The topological polar surface area (TPSA) is 23.6 Å². The van der Waals surface area contributed by atoms with Crippen LogP contribution < -0.4 is 0 Å². The van der Waals surface area contributed by atoms with Gasteiger partial charge in [0.15, 0.2) is 0 Å². The van der Waals surface area contributed by atoms with Gasteiger partial charge in [-0.2, -0.15) is 0 Å². The molecule has 0 amide bonds. The number of nitrogens with zero attached hydrogens (tertiary/aromatic N) is 2. The molecule has 16 heavy (non-hydrogen) atoms. The Kier molecular flexibility index (Phi) is 7.48. The van der Waals surface area contributed by atoms with Crippen molar-refractivity contribution in [3.63, 3.8) is 0 Å². The maximum atomic E-state index is 10.4. The van der Waals surface area contributed by atoms with Crippen molar-refractivity contribution in [3.8, 4) is 0 Å². The molecule has 0 bridgehead atoms. The molecule has 0 heterocycles. The molecule has 0 atom stereocenters. The van der Waals surface area contributed by atoms with Gasteiger partial charge in [-0.05, 0) is 41.2 Å². The highest BCUT2D eigenvalue weighted by Crippen LogP contribution is 2.14. The van der Waals surface area contributed by atoms with Crippen molar-refractivity contribution >= 4 is 28.8 Å². The van der Waals surface area contributed by atoms with Crippen LogP contribution in [0.2, 0.25) is 0 Å². The van der Waals surface area contributed by atoms with Crippen LogP contribution in [0.3, 0.4) is 0 Å². The fraction of sp³-hybridized carbons (Fsp3) is 0.833. The van der Waals surface area contributed by atoms with Gasteiger partial charge >= 0.3 is 0 Å². The summed E-state index contributed by atoms with van der Waals surface area (Å²) >= 11 is 2.29. The number of hydrogen-bond acceptors (Lipinski definition) is 3. The smallest absolute Gasteiger partial charge is 0.123 e. The summed E-state index contributed by atoms with van der Waals surface area (Å²) in [6, 6.07) is 0. The van der Waals surface area contributed by atoms with Crippen molar-refractivity contribution in [2.45, 2.75) is 39.7 Å². The second-order valence-corrected chi connectivity index (χ2v) is 6.77. The molecule has 0 aromatic heterocycles. The lowest BCUT2D eigenvalue weighted by Gasteiger charge is -2.36. The Morgan fingerprint density at radius 3 is 2.19 bits per heavy atom. The molecular formula is C12H23IN2O. The zero-order chi connectivity index (χ0) is 12.8. The average Bonchev–Trinajstić information content (AvgIpc) is 2.14. The number of carbonyl (C=O) groups excluding carboxylic acids is 1. The molecule has 4 heteroatoms. The molecule has 0 unspecified atom stereocenters. The van der Waals surface area contributed by atoms with Crippen molar-refractivity contribution in [1.29, 1.82) is 0 Å². The first-order valence-electron chi connectivity index (χ1n) is 5.60. The Balaban J connectivity index is 4.28. The van der Waals surface area contributed by atoms with Gasteiger partial charge in [0, 0.05) is 53.6 Å². The van der Waals surface area contributed by atoms with E-state index in [1.807, 2.05) is 12.9 Å². The van der Waals surface area contributed by atoms with Gasteiger partial charge in [-0.25, -0.2) is 7.91 Å². The van der Waals surface area contributed by atoms with Crippen LogP contribution in [0.5, 0.6) is 0 Å². The van der Waals surface area contributed by atoms with Gasteiger partial charge < -0.3 is 0 Å². The van der Waals surface area contributed by atoms with Crippen LogP contribution >= 0.6 is 22.9 Å². The number of rotatable bonds is 6. The lowest BCUT2D eigenvalue weighted by atomic mass is 10.0. The predicted octanol–water partition coefficient (Wildman–Crippen LogP) is 2.54. The van der Waals surface area contributed by atoms with E-state index >= 15 is 0 Å². The third-order valence-corrected chi connectivity index (χ3v) is 3.04. The van der Waals surface area contributed by atoms with Gasteiger partial charge in [0.1, 0.15) is 5.94 Å². The van der Waals surface area contributed by atoms with E-state index in [4.69, 9.17) is 0 Å². The second kappa shape index (κ2) is 7.43. The molecule has 0 aliphatic rings. The molecule has 0 rings (SSSR count). The van der Waals surface area contributed by atoms with Gasteiger partial charge in [0.25, 0.3) is 0 Å². The highest BCUT2D eigenvalue weighted by molar-refractivity contribution is 14.1. The molecule has 0 spiro atoms. The lowest BCUT2D eigenvalue weighted by Crippen LogP contribution is -2.44. The predicted molar refractivity (Wildman–Crippen MR) is 77.5 cm³/mol. The molecule has 0 radical (unpaired) electrons. The van der Waals surface area contributed by atoms with Crippen LogP contribution in [0.25, 0.3) is 0 Å². The van der Waals surface area contributed by atoms with Crippen LogP contribution in [0, 0.1) is 0 Å². The minimum Gasteiger partial charge on any atom is -0.297 e. The summed E-state index contributed by atoms with van der Waals surface area (Å²) in [6.45, 7) is 11.4. The zero-order valence-electron chi connectivity index (χ0n) is 11.0. The number of likely N-dealkylation sites (N-methyl/N-ethyl adjacent to an activating group) is 1. The van der Waals surface area contributed by atoms with E-state index in [0.29, 0.717) is 0 Å². The molecular weight excluding hydrogens is 315 g/mol. The maximum absolute atomic E-state index is 10.4. The molecule has 0 aromatic carbocycles. The van der Waals surface area contributed by atoms with Gasteiger partial charge in [-0.1, -0.05) is 0 Å². The summed E-state index contributed by atoms with van der Waals surface area (Å²) < 4.78 is 2.15. The second-order valence-electron chi connectivity index (χ2n) is 5.12. The lowest BCUT2D eigenvalue weighted by molar-refractivity contribution is 0.135. The van der Waals surface area contributed by atoms with E-state index < -0.39 is 0 Å². The van der Waals surface area contributed by atoms with E-state index in [-0.39, 0.29) is 5.54 Å². The molecule has 0 fully saturated rings. The molecule has 3 nitrogen and oxygen atoms in total. The van der Waals surface area contributed by atoms with Crippen molar-refractivity contribution in [1.82, 2.24) is 8.01 Å². The van der Waals surface area contributed by atoms with E-state index in [2.05, 4.69) is 58.7 Å². The van der Waals surface area contributed by atoms with Gasteiger partial charge in [-0.3, -0.25) is 4.90 Å². The molecule has 0 saturated heterocycles. The average molecular weight is 338 g/mol. The minimum absolute atomic E-state index is 0.149. The first kappa shape index (κ1) is 16.1. The van der Waals surface area contributed by atoms with Crippen LogP contribution in [0.15, 0.2) is 5.57 Å². The summed E-state index contributed by atoms with van der Waals surface area (Å²) in [6.07, 6.45) is 0.811. The molecule has 0 aromatic rings. The fourth-order valence-electron chi connectivity index (χ4n) is 1.39. The molecule has 0 N–H and O–H groups in total. The third kappa shape index (κ3) is 7.39. The monoisotopic (exact) mass is 338 g/mol. The Morgan fingerprint density at radius 1 is 1.25 bits per heavy atom. The van der Waals surface area contributed by atoms with Crippen molar-refractivity contribution in [3.05, 3.63) is 5.57 Å². The molecule has 0 aliphatic heterocycles. The van der Waals surface area contributed by atoms with E-state index in [9.17, 15) is 4.79 Å². The summed E-state index contributed by atoms with van der Waals surface area (Å²) in [7, 11) is 2.07. The SMILES string of the molecule is CC(=C=O)CCN(CCN(C)I)C(C)(C)C. The first-order valence-corrected chi connectivity index (χ1v) is 6.56.